The van der Waals surface area contributed by atoms with E-state index in [1.165, 1.54) is 68.3 Å². The minimum atomic E-state index is 0.864. The molecule has 0 saturated heterocycles. The van der Waals surface area contributed by atoms with Crippen molar-refractivity contribution in [3.05, 3.63) is 139 Å². The topological polar surface area (TPSA) is 30.7 Å². The average Bonchev–Trinajstić information content (AvgIpc) is 3.80. The molecule has 3 nitrogen and oxygen atoms in total. The molecule has 0 saturated carbocycles. The summed E-state index contributed by atoms with van der Waals surface area (Å²) in [5.41, 5.74) is 6.46. The molecule has 4 heterocycles. The van der Waals surface area contributed by atoms with Crippen LogP contribution in [-0.2, 0) is 0 Å². The maximum atomic E-state index is 5.56. The highest BCUT2D eigenvalue weighted by Gasteiger charge is 2.25. The van der Waals surface area contributed by atoms with Crippen molar-refractivity contribution in [3.63, 3.8) is 0 Å². The highest BCUT2D eigenvalue weighted by atomic mass is 32.1. The Hall–Kier alpha value is -5.62. The number of nitrogens with zero attached hydrogens (tertiary/aromatic N) is 3. The van der Waals surface area contributed by atoms with Gasteiger partial charge in [0, 0.05) is 41.9 Å². The van der Waals surface area contributed by atoms with Crippen LogP contribution < -0.4 is 0 Å². The van der Waals surface area contributed by atoms with Crippen molar-refractivity contribution in [2.45, 2.75) is 6.92 Å². The first kappa shape index (κ1) is 26.4. The first-order valence-electron chi connectivity index (χ1n) is 16.2. The van der Waals surface area contributed by atoms with E-state index in [1.807, 2.05) is 11.3 Å². The molecular formula is C43H25N3S2. The van der Waals surface area contributed by atoms with Gasteiger partial charge in [-0.3, -0.25) is 4.57 Å². The zero-order chi connectivity index (χ0) is 31.5. The van der Waals surface area contributed by atoms with Gasteiger partial charge in [0.25, 0.3) is 0 Å². The smallest absolute Gasteiger partial charge is 0.166 e. The summed E-state index contributed by atoms with van der Waals surface area (Å²) in [6.07, 6.45) is 0. The molecule has 48 heavy (non-hydrogen) atoms. The summed E-state index contributed by atoms with van der Waals surface area (Å²) in [4.78, 5) is 12.0. The van der Waals surface area contributed by atoms with Crippen LogP contribution >= 0.6 is 22.7 Å². The number of aromatic nitrogens is 3. The molecule has 7 aromatic carbocycles. The van der Waals surface area contributed by atoms with E-state index >= 15 is 0 Å². The van der Waals surface area contributed by atoms with Crippen LogP contribution in [0.4, 0.5) is 0 Å². The Morgan fingerprint density at radius 1 is 0.542 bits per heavy atom. The average molecular weight is 648 g/mol. The van der Waals surface area contributed by atoms with Gasteiger partial charge in [0.1, 0.15) is 16.0 Å². The Bertz CT molecular complexity index is 3130. The molecule has 11 rings (SSSR count). The molecule has 5 heteroatoms. The Balaban J connectivity index is 1.39. The first-order valence-corrected chi connectivity index (χ1v) is 17.8. The van der Waals surface area contributed by atoms with Crippen molar-refractivity contribution in [2.24, 2.45) is 0 Å². The lowest BCUT2D eigenvalue weighted by atomic mass is 9.98. The molecule has 0 N–H and O–H groups in total. The van der Waals surface area contributed by atoms with Gasteiger partial charge >= 0.3 is 0 Å². The van der Waals surface area contributed by atoms with Crippen LogP contribution in [0.1, 0.15) is 5.56 Å². The molecule has 0 aliphatic carbocycles. The van der Waals surface area contributed by atoms with Gasteiger partial charge in [0.2, 0.25) is 0 Å². The Labute approximate surface area is 283 Å². The van der Waals surface area contributed by atoms with Gasteiger partial charge in [-0.15, -0.1) is 22.7 Å². The van der Waals surface area contributed by atoms with Crippen LogP contribution in [0.15, 0.2) is 133 Å². The van der Waals surface area contributed by atoms with E-state index in [1.54, 1.807) is 11.3 Å². The summed E-state index contributed by atoms with van der Waals surface area (Å²) in [5.74, 6) is 0.864. The number of para-hydroxylation sites is 1. The molecule has 0 aliphatic heterocycles. The minimum Gasteiger partial charge on any atom is -0.290 e. The van der Waals surface area contributed by atoms with Crippen molar-refractivity contribution >= 4 is 107 Å². The molecule has 11 aromatic rings. The molecule has 0 aliphatic rings. The second-order valence-corrected chi connectivity index (χ2v) is 14.7. The summed E-state index contributed by atoms with van der Waals surface area (Å²) < 4.78 is 6.19. The van der Waals surface area contributed by atoms with Gasteiger partial charge in [0.05, 0.1) is 15.7 Å². The van der Waals surface area contributed by atoms with Gasteiger partial charge < -0.3 is 0 Å². The van der Waals surface area contributed by atoms with Crippen molar-refractivity contribution in [1.82, 2.24) is 14.5 Å². The quantitative estimate of drug-likeness (QED) is 0.187. The summed E-state index contributed by atoms with van der Waals surface area (Å²) in [5, 5.41) is 11.3. The number of thiophene rings is 2. The third kappa shape index (κ3) is 3.57. The largest absolute Gasteiger partial charge is 0.290 e. The minimum absolute atomic E-state index is 0.864. The van der Waals surface area contributed by atoms with E-state index in [0.29, 0.717) is 0 Å². The Morgan fingerprint density at radius 2 is 1.21 bits per heavy atom. The van der Waals surface area contributed by atoms with Gasteiger partial charge in [-0.2, -0.15) is 0 Å². The van der Waals surface area contributed by atoms with Crippen LogP contribution in [0.2, 0.25) is 0 Å². The maximum Gasteiger partial charge on any atom is 0.166 e. The normalized spacial score (nSPS) is 12.3. The standard InChI is InChI=1S/C43H25N3S2/c1-24-18-20-25(21-19-24)38-42(45-43-39(44-38)31-15-7-9-17-34(31)48-43)46-33-16-8-6-14-30(33)36-28-12-4-5-13-29(28)37-32-22-26-10-2-3-11-27(26)23-35(32)47-41(37)40(36)46/h2-23H,1H3. The summed E-state index contributed by atoms with van der Waals surface area (Å²) in [6.45, 7) is 2.13. The fraction of sp³-hybridized carbons (Fsp3) is 0.0233. The van der Waals surface area contributed by atoms with E-state index in [4.69, 9.17) is 9.97 Å². The van der Waals surface area contributed by atoms with E-state index in [2.05, 4.69) is 145 Å². The maximum absolute atomic E-state index is 5.56. The first-order chi connectivity index (χ1) is 23.7. The van der Waals surface area contributed by atoms with Gasteiger partial charge in [0.15, 0.2) is 5.82 Å². The summed E-state index contributed by atoms with van der Waals surface area (Å²) in [7, 11) is 0. The van der Waals surface area contributed by atoms with E-state index < -0.39 is 0 Å². The number of hydrogen-bond donors (Lipinski definition) is 0. The number of fused-ring (bicyclic) bond motifs is 14. The van der Waals surface area contributed by atoms with Crippen molar-refractivity contribution < 1.29 is 0 Å². The van der Waals surface area contributed by atoms with Crippen LogP contribution in [0.5, 0.6) is 0 Å². The molecule has 0 bridgehead atoms. The molecule has 0 amide bonds. The van der Waals surface area contributed by atoms with Crippen molar-refractivity contribution in [1.29, 1.82) is 0 Å². The van der Waals surface area contributed by atoms with Crippen LogP contribution in [0, 0.1) is 6.92 Å². The molecule has 0 atom stereocenters. The van der Waals surface area contributed by atoms with Crippen molar-refractivity contribution in [2.75, 3.05) is 0 Å². The number of rotatable bonds is 2. The molecule has 0 spiro atoms. The lowest BCUT2D eigenvalue weighted by Crippen LogP contribution is -2.03. The van der Waals surface area contributed by atoms with Crippen molar-refractivity contribution in [3.8, 4) is 17.1 Å². The number of benzene rings is 7. The Morgan fingerprint density at radius 3 is 2.02 bits per heavy atom. The molecule has 224 valence electrons. The molecule has 4 aromatic heterocycles. The Kier molecular flexibility index (Phi) is 5.35. The highest BCUT2D eigenvalue weighted by molar-refractivity contribution is 7.27. The monoisotopic (exact) mass is 647 g/mol. The van der Waals surface area contributed by atoms with Crippen LogP contribution in [0.3, 0.4) is 0 Å². The second kappa shape index (κ2) is 9.71. The van der Waals surface area contributed by atoms with Gasteiger partial charge in [-0.25, -0.2) is 9.97 Å². The highest BCUT2D eigenvalue weighted by Crippen LogP contribution is 2.49. The third-order valence-corrected chi connectivity index (χ3v) is 12.1. The molecule has 0 radical (unpaired) electrons. The fourth-order valence-electron chi connectivity index (χ4n) is 7.66. The molecular weight excluding hydrogens is 623 g/mol. The van der Waals surface area contributed by atoms with Gasteiger partial charge in [-0.05, 0) is 52.7 Å². The SMILES string of the molecule is Cc1ccc(-c2nc3c(nc2-n2c4ccccc4c4c5ccccc5c5c6cc7ccccc7cc6sc5c42)sc2ccccc23)cc1. The van der Waals surface area contributed by atoms with E-state index in [0.717, 1.165) is 38.3 Å². The summed E-state index contributed by atoms with van der Waals surface area (Å²) >= 11 is 3.61. The predicted octanol–water partition coefficient (Wildman–Crippen LogP) is 12.6. The number of aryl methyl sites for hydroxylation is 1. The second-order valence-electron chi connectivity index (χ2n) is 12.6. The van der Waals surface area contributed by atoms with E-state index in [-0.39, 0.29) is 0 Å². The fourth-order valence-corrected chi connectivity index (χ4v) is 9.96. The van der Waals surface area contributed by atoms with Gasteiger partial charge in [-0.1, -0.05) is 115 Å². The lowest BCUT2D eigenvalue weighted by molar-refractivity contribution is 1.09. The zero-order valence-corrected chi connectivity index (χ0v) is 27.5. The van der Waals surface area contributed by atoms with Crippen LogP contribution in [0.25, 0.3) is 101 Å². The van der Waals surface area contributed by atoms with E-state index in [9.17, 15) is 0 Å². The third-order valence-electron chi connectivity index (χ3n) is 9.84. The summed E-state index contributed by atoms with van der Waals surface area (Å²) in [6, 6.07) is 48.4. The zero-order valence-electron chi connectivity index (χ0n) is 25.9. The molecule has 0 fully saturated rings. The molecule has 0 unspecified atom stereocenters. The van der Waals surface area contributed by atoms with Crippen LogP contribution in [-0.4, -0.2) is 14.5 Å². The predicted molar refractivity (Wildman–Crippen MR) is 207 cm³/mol. The number of hydrogen-bond acceptors (Lipinski definition) is 4. The lowest BCUT2D eigenvalue weighted by Gasteiger charge is -2.14.